The van der Waals surface area contributed by atoms with E-state index in [0.717, 1.165) is 18.2 Å². The van der Waals surface area contributed by atoms with Gasteiger partial charge in [-0.2, -0.15) is 0 Å². The maximum absolute atomic E-state index is 11.0. The molecule has 2 aromatic carbocycles. The molecule has 300 valence electrons. The predicted octanol–water partition coefficient (Wildman–Crippen LogP) is -4.31. The fourth-order valence-electron chi connectivity index (χ4n) is 6.39. The Morgan fingerprint density at radius 2 is 1.17 bits per heavy atom. The van der Waals surface area contributed by atoms with Gasteiger partial charge in [-0.05, 0) is 19.1 Å². The second-order valence-electron chi connectivity index (χ2n) is 13.3. The van der Waals surface area contributed by atoms with Gasteiger partial charge in [0.25, 0.3) is 11.9 Å². The van der Waals surface area contributed by atoms with Gasteiger partial charge in [0.15, 0.2) is 29.3 Å². The van der Waals surface area contributed by atoms with E-state index in [1.165, 1.54) is 19.1 Å². The molecule has 15 N–H and O–H groups in total. The minimum absolute atomic E-state index is 0.0245. The molecule has 0 aliphatic carbocycles. The second kappa shape index (κ2) is 15.8. The molecule has 21 nitrogen and oxygen atoms in total. The van der Waals surface area contributed by atoms with E-state index in [0.29, 0.717) is 0 Å². The summed E-state index contributed by atoms with van der Waals surface area (Å²) in [5, 5.41) is 145. The van der Waals surface area contributed by atoms with Crippen LogP contribution in [0.1, 0.15) is 24.2 Å². The first-order chi connectivity index (χ1) is 25.5. The van der Waals surface area contributed by atoms with Gasteiger partial charge in [-0.15, -0.1) is 0 Å². The molecule has 2 aromatic rings. The van der Waals surface area contributed by atoms with Crippen LogP contribution in [0.3, 0.4) is 0 Å². The molecule has 0 amide bonds. The lowest BCUT2D eigenvalue weighted by molar-refractivity contribution is -0.325. The van der Waals surface area contributed by atoms with E-state index >= 15 is 0 Å². The Morgan fingerprint density at radius 1 is 0.611 bits per heavy atom. The van der Waals surface area contributed by atoms with E-state index in [4.69, 9.17) is 28.4 Å². The number of phenols is 4. The fourth-order valence-corrected chi connectivity index (χ4v) is 6.39. The van der Waals surface area contributed by atoms with Gasteiger partial charge in [-0.1, -0.05) is 0 Å². The van der Waals surface area contributed by atoms with E-state index in [2.05, 4.69) is 4.74 Å². The van der Waals surface area contributed by atoms with Crippen LogP contribution in [-0.2, 0) is 23.7 Å². The van der Waals surface area contributed by atoms with Gasteiger partial charge in [0.05, 0.1) is 30.9 Å². The van der Waals surface area contributed by atoms with Crippen molar-refractivity contribution in [3.05, 3.63) is 41.2 Å². The molecule has 0 bridgehead atoms. The number of ether oxygens (including phenoxy) is 7. The normalized spacial score (nSPS) is 39.6. The van der Waals surface area contributed by atoms with Crippen molar-refractivity contribution in [3.63, 3.8) is 0 Å². The zero-order chi connectivity index (χ0) is 39.3. The Morgan fingerprint density at radius 3 is 1.80 bits per heavy atom. The van der Waals surface area contributed by atoms with Crippen molar-refractivity contribution in [3.8, 4) is 34.5 Å². The summed E-state index contributed by atoms with van der Waals surface area (Å²) in [4.78, 5) is 0. The van der Waals surface area contributed by atoms with Crippen molar-refractivity contribution in [2.75, 3.05) is 13.2 Å². The van der Waals surface area contributed by atoms with E-state index in [-0.39, 0.29) is 28.4 Å². The highest BCUT2D eigenvalue weighted by molar-refractivity contribution is 5.69. The lowest BCUT2D eigenvalue weighted by Crippen LogP contribution is -2.61. The van der Waals surface area contributed by atoms with Gasteiger partial charge in [0, 0.05) is 12.1 Å². The lowest BCUT2D eigenvalue weighted by atomic mass is 9.98. The third-order valence-corrected chi connectivity index (χ3v) is 9.60. The van der Waals surface area contributed by atoms with Crippen LogP contribution < -0.4 is 4.74 Å². The van der Waals surface area contributed by atoms with Crippen LogP contribution in [0.2, 0.25) is 0 Å². The van der Waals surface area contributed by atoms with Crippen molar-refractivity contribution < 1.29 is 105 Å². The highest BCUT2D eigenvalue weighted by Crippen LogP contribution is 2.48. The number of hydrogen-bond donors (Lipinski definition) is 14. The van der Waals surface area contributed by atoms with Crippen LogP contribution >= 0.6 is 0 Å². The quantitative estimate of drug-likeness (QED) is 0.0846. The number of hydrogen-bond acceptors (Lipinski definition) is 20. The molecule has 4 aliphatic rings. The minimum atomic E-state index is -1.93. The molecule has 0 spiro atoms. The summed E-state index contributed by atoms with van der Waals surface area (Å²) >= 11 is 0. The molecule has 54 heavy (non-hydrogen) atoms. The van der Waals surface area contributed by atoms with Crippen molar-refractivity contribution in [2.45, 2.75) is 105 Å². The summed E-state index contributed by atoms with van der Waals surface area (Å²) in [7, 11) is 0. The summed E-state index contributed by atoms with van der Waals surface area (Å²) in [6.45, 7) is 0.0885. The highest BCUT2D eigenvalue weighted by atomic mass is 16.7. The monoisotopic (exact) mass is 775 g/mol. The van der Waals surface area contributed by atoms with Crippen molar-refractivity contribution in [2.24, 2.45) is 0 Å². The molecule has 16 unspecified atom stereocenters. The third-order valence-electron chi connectivity index (χ3n) is 9.60. The van der Waals surface area contributed by atoms with Crippen LogP contribution in [0.15, 0.2) is 30.0 Å². The number of phenolic OH excluding ortho intramolecular Hbond substituents is 4. The maximum Gasteiger partial charge on any atom is 0.270 e. The summed E-state index contributed by atoms with van der Waals surface area (Å²) in [6.07, 6.45) is -24.4. The molecule has 3 saturated heterocycles. The minimum Gasteiger partial charge on any atom is -0.571 e. The SMILES string of the molecule is CC1OC(OCC2OC(OC3=Cc4c(O)cc(OC5OC(CO)C(O)C(O)C5O)cc4[OH+]C3c3cc(O)c(O)c(O)c3)C(O)C(O)C2O)C(O)C(O)C1O. The summed E-state index contributed by atoms with van der Waals surface area (Å²) < 4.78 is 38.2. The standard InChI is InChI=1S/C33H42O21/c1-9-20(38)24(42)27(45)31(49-9)48-8-19-23(41)26(44)29(47)33(54-19)52-17-6-12-13(35)4-11(50-32-28(46)25(43)22(40)18(7-34)53-32)5-16(12)51-30(17)10-2-14(36)21(39)15(37)3-10/h2-6,9,18-20,22-47H,7-8H2,1H3/p+1. The van der Waals surface area contributed by atoms with Gasteiger partial charge >= 0.3 is 0 Å². The number of benzene rings is 2. The smallest absolute Gasteiger partial charge is 0.270 e. The Kier molecular flexibility index (Phi) is 11.6. The first-order valence-corrected chi connectivity index (χ1v) is 16.7. The number of aliphatic hydroxyl groups excluding tert-OH is 10. The van der Waals surface area contributed by atoms with E-state index in [1.807, 2.05) is 0 Å². The molecular weight excluding hydrogens is 732 g/mol. The average molecular weight is 776 g/mol. The Labute approximate surface area is 304 Å². The van der Waals surface area contributed by atoms with Crippen molar-refractivity contribution in [1.29, 1.82) is 0 Å². The zero-order valence-corrected chi connectivity index (χ0v) is 28.2. The first kappa shape index (κ1) is 39.9. The summed E-state index contributed by atoms with van der Waals surface area (Å²) in [5.41, 5.74) is -0.0535. The van der Waals surface area contributed by atoms with E-state index in [1.54, 1.807) is 0 Å². The zero-order valence-electron chi connectivity index (χ0n) is 28.2. The molecule has 4 aliphatic heterocycles. The Hall–Kier alpha value is -3.78. The lowest BCUT2D eigenvalue weighted by Gasteiger charge is -2.42. The molecule has 16 atom stereocenters. The molecular formula is C33H43O21+. The van der Waals surface area contributed by atoms with Crippen molar-refractivity contribution >= 4 is 6.08 Å². The molecule has 0 aromatic heterocycles. The van der Waals surface area contributed by atoms with Crippen LogP contribution in [-0.4, -0.2) is 182 Å². The average Bonchev–Trinajstić information content (AvgIpc) is 3.14. The topological polar surface area (TPSA) is 351 Å². The first-order valence-electron chi connectivity index (χ1n) is 16.7. The molecule has 0 radical (unpaired) electrons. The second-order valence-corrected chi connectivity index (χ2v) is 13.3. The largest absolute Gasteiger partial charge is 0.571 e. The van der Waals surface area contributed by atoms with Gasteiger partial charge < -0.3 is 105 Å². The fraction of sp³-hybridized carbons (Fsp3) is 0.576. The number of aromatic hydroxyl groups is 5. The van der Waals surface area contributed by atoms with Gasteiger partial charge in [-0.25, -0.2) is 0 Å². The van der Waals surface area contributed by atoms with Crippen LogP contribution in [0.4, 0.5) is 0 Å². The van der Waals surface area contributed by atoms with Gasteiger partial charge in [-0.3, -0.25) is 0 Å². The van der Waals surface area contributed by atoms with Crippen LogP contribution in [0.5, 0.6) is 34.5 Å². The third kappa shape index (κ3) is 7.56. The number of rotatable bonds is 9. The highest BCUT2D eigenvalue weighted by Gasteiger charge is 2.49. The van der Waals surface area contributed by atoms with Gasteiger partial charge in [0.1, 0.15) is 84.2 Å². The predicted molar refractivity (Wildman–Crippen MR) is 172 cm³/mol. The maximum atomic E-state index is 11.0. The van der Waals surface area contributed by atoms with Crippen LogP contribution in [0, 0.1) is 0 Å². The summed E-state index contributed by atoms with van der Waals surface area (Å²) in [6, 6.07) is 4.37. The van der Waals surface area contributed by atoms with E-state index < -0.39 is 134 Å². The Balaban J connectivity index is 1.28. The molecule has 6 rings (SSSR count). The molecule has 4 heterocycles. The molecule has 21 heteroatoms. The van der Waals surface area contributed by atoms with E-state index in [9.17, 15) is 71.5 Å². The van der Waals surface area contributed by atoms with Crippen molar-refractivity contribution in [1.82, 2.24) is 0 Å². The summed E-state index contributed by atoms with van der Waals surface area (Å²) in [5.74, 6) is -3.35. The number of aliphatic hydroxyl groups is 11. The number of fused-ring (bicyclic) bond motifs is 1. The van der Waals surface area contributed by atoms with Crippen LogP contribution in [0.25, 0.3) is 6.08 Å². The molecule has 3 fully saturated rings. The molecule has 0 saturated carbocycles. The van der Waals surface area contributed by atoms with Gasteiger partial charge in [0.2, 0.25) is 12.6 Å². The Bertz CT molecular complexity index is 1650.